The molecule has 0 bridgehead atoms. The minimum absolute atomic E-state index is 0.00951. The van der Waals surface area contributed by atoms with E-state index in [1.54, 1.807) is 4.90 Å². The maximum absolute atomic E-state index is 13.0. The number of amides is 1. The van der Waals surface area contributed by atoms with Gasteiger partial charge in [-0.2, -0.15) is 5.10 Å². The first-order chi connectivity index (χ1) is 14.3. The van der Waals surface area contributed by atoms with Gasteiger partial charge in [0.05, 0.1) is 11.7 Å². The molecule has 0 unspecified atom stereocenters. The molecule has 1 atom stereocenters. The Morgan fingerprint density at radius 3 is 2.90 bits per heavy atom. The number of fused-ring (bicyclic) bond motifs is 2. The molecule has 6 nitrogen and oxygen atoms in total. The highest BCUT2D eigenvalue weighted by molar-refractivity contribution is 5.99. The highest BCUT2D eigenvalue weighted by atomic mass is 16.2. The number of carbonyl (C=O) groups excluding carboxylic acids is 1. The first kappa shape index (κ1) is 19.4. The number of hydrogen-bond donors (Lipinski definition) is 2. The first-order valence-corrected chi connectivity index (χ1v) is 11.0. The Labute approximate surface area is 177 Å². The van der Waals surface area contributed by atoms with Gasteiger partial charge in [-0.1, -0.05) is 19.9 Å². The second kappa shape index (κ2) is 6.98. The molecule has 158 valence electrons. The summed E-state index contributed by atoms with van der Waals surface area (Å²) in [6, 6.07) is 8.37. The molecule has 3 aromatic rings. The lowest BCUT2D eigenvalue weighted by Crippen LogP contribution is -2.42. The Morgan fingerprint density at radius 2 is 2.13 bits per heavy atom. The van der Waals surface area contributed by atoms with Crippen LogP contribution in [-0.4, -0.2) is 52.7 Å². The molecule has 5 rings (SSSR count). The van der Waals surface area contributed by atoms with Crippen LogP contribution in [0, 0.1) is 5.41 Å². The summed E-state index contributed by atoms with van der Waals surface area (Å²) < 4.78 is 0. The van der Waals surface area contributed by atoms with Crippen LogP contribution in [0.15, 0.2) is 24.3 Å². The number of likely N-dealkylation sites (N-methyl/N-ethyl adjacent to an activating group) is 2. The summed E-state index contributed by atoms with van der Waals surface area (Å²) in [5.74, 6) is 0.171. The number of anilines is 1. The van der Waals surface area contributed by atoms with E-state index in [0.717, 1.165) is 60.2 Å². The molecule has 2 N–H and O–H groups in total. The fourth-order valence-electron chi connectivity index (χ4n) is 5.09. The lowest BCUT2D eigenvalue weighted by Gasteiger charge is -2.28. The van der Waals surface area contributed by atoms with Crippen molar-refractivity contribution in [1.82, 2.24) is 20.1 Å². The molecule has 6 heteroatoms. The molecule has 0 saturated carbocycles. The van der Waals surface area contributed by atoms with E-state index < -0.39 is 0 Å². The predicted octanol–water partition coefficient (Wildman–Crippen LogP) is 4.13. The van der Waals surface area contributed by atoms with Crippen molar-refractivity contribution in [1.29, 1.82) is 0 Å². The summed E-state index contributed by atoms with van der Waals surface area (Å²) in [5.41, 5.74) is 6.99. The number of carbonyl (C=O) groups is 1. The van der Waals surface area contributed by atoms with Gasteiger partial charge in [-0.3, -0.25) is 14.8 Å². The van der Waals surface area contributed by atoms with Crippen LogP contribution in [0.25, 0.3) is 22.3 Å². The lowest BCUT2D eigenvalue weighted by atomic mass is 9.76. The molecule has 1 amide bonds. The Kier molecular flexibility index (Phi) is 4.51. The molecular weight excluding hydrogens is 374 g/mol. The van der Waals surface area contributed by atoms with Gasteiger partial charge in [-0.25, -0.2) is 0 Å². The van der Waals surface area contributed by atoms with Crippen molar-refractivity contribution in [2.75, 3.05) is 25.5 Å². The summed E-state index contributed by atoms with van der Waals surface area (Å²) in [4.78, 5) is 20.5. The van der Waals surface area contributed by atoms with E-state index in [1.165, 1.54) is 17.7 Å². The number of nitrogens with one attached hydrogen (secondary N) is 2. The number of nitrogens with zero attached hydrogens (tertiary/aromatic N) is 3. The molecule has 1 aliphatic carbocycles. The first-order valence-electron chi connectivity index (χ1n) is 11.0. The van der Waals surface area contributed by atoms with Gasteiger partial charge >= 0.3 is 0 Å². The van der Waals surface area contributed by atoms with Crippen molar-refractivity contribution in [2.24, 2.45) is 5.41 Å². The number of likely N-dealkylation sites (tertiary alicyclic amines) is 1. The molecular formula is C24H31N5O. The van der Waals surface area contributed by atoms with Gasteiger partial charge in [-0.15, -0.1) is 0 Å². The Hall–Kier alpha value is -2.60. The number of H-pyrrole nitrogens is 2. The maximum Gasteiger partial charge on any atom is 0.244 e. The number of hydrogen-bond acceptors (Lipinski definition) is 3. The van der Waals surface area contributed by atoms with Gasteiger partial charge in [-0.05, 0) is 69.3 Å². The number of benzene rings is 1. The zero-order valence-electron chi connectivity index (χ0n) is 18.4. The Morgan fingerprint density at radius 1 is 1.30 bits per heavy atom. The molecule has 2 aromatic heterocycles. The summed E-state index contributed by atoms with van der Waals surface area (Å²) in [7, 11) is 3.92. The summed E-state index contributed by atoms with van der Waals surface area (Å²) in [5, 5.41) is 9.07. The Balaban J connectivity index is 1.44. The maximum atomic E-state index is 13.0. The van der Waals surface area contributed by atoms with Crippen LogP contribution in [0.3, 0.4) is 0 Å². The zero-order chi connectivity index (χ0) is 21.0. The average Bonchev–Trinajstić information content (AvgIpc) is 3.42. The molecule has 1 aromatic carbocycles. The third-order valence-corrected chi connectivity index (χ3v) is 7.04. The van der Waals surface area contributed by atoms with E-state index in [-0.39, 0.29) is 11.9 Å². The monoisotopic (exact) mass is 405 g/mol. The van der Waals surface area contributed by atoms with E-state index in [4.69, 9.17) is 0 Å². The number of aromatic nitrogens is 3. The quantitative estimate of drug-likeness (QED) is 0.688. The molecule has 1 fully saturated rings. The highest BCUT2D eigenvalue weighted by Gasteiger charge is 2.31. The van der Waals surface area contributed by atoms with Crippen LogP contribution in [0.2, 0.25) is 0 Å². The van der Waals surface area contributed by atoms with Gasteiger partial charge in [0.1, 0.15) is 5.69 Å². The Bertz CT molecular complexity index is 1110. The number of rotatable bonds is 3. The van der Waals surface area contributed by atoms with Crippen molar-refractivity contribution in [3.05, 3.63) is 35.5 Å². The van der Waals surface area contributed by atoms with Crippen molar-refractivity contribution in [3.63, 3.8) is 0 Å². The molecule has 0 radical (unpaired) electrons. The van der Waals surface area contributed by atoms with Crippen LogP contribution < -0.4 is 4.90 Å². The van der Waals surface area contributed by atoms with Crippen molar-refractivity contribution >= 4 is 22.5 Å². The van der Waals surface area contributed by atoms with Gasteiger partial charge in [0, 0.05) is 34.9 Å². The van der Waals surface area contributed by atoms with Crippen molar-refractivity contribution < 1.29 is 4.79 Å². The standard InChI is InChI=1S/C24H31N5O/c1-24(2)10-9-17-20(14-24)26-27-22(17)19-12-15-7-8-16(13-18(15)25-19)29(4)23(30)21-6-5-11-28(21)3/h7-8,12-13,21,25H,5-6,9-11,14H2,1-4H3,(H,26,27)/t21-/m1/s1. The third kappa shape index (κ3) is 3.23. The van der Waals surface area contributed by atoms with Crippen LogP contribution in [-0.2, 0) is 17.6 Å². The van der Waals surface area contributed by atoms with E-state index in [1.807, 2.05) is 20.2 Å². The molecule has 1 saturated heterocycles. The van der Waals surface area contributed by atoms with Gasteiger partial charge in [0.25, 0.3) is 0 Å². The minimum atomic E-state index is -0.00951. The van der Waals surface area contributed by atoms with E-state index in [0.29, 0.717) is 5.41 Å². The summed E-state index contributed by atoms with van der Waals surface area (Å²) >= 11 is 0. The molecule has 0 spiro atoms. The van der Waals surface area contributed by atoms with Crippen LogP contribution in [0.1, 0.15) is 44.4 Å². The van der Waals surface area contributed by atoms with Crippen molar-refractivity contribution in [2.45, 2.75) is 52.0 Å². The molecule has 3 heterocycles. The SMILES string of the molecule is CN(C(=O)[C@H]1CCCN1C)c1ccc2cc(-c3n[nH]c4c3CCC(C)(C)C4)[nH]c2c1. The smallest absolute Gasteiger partial charge is 0.244 e. The fraction of sp³-hybridized carbons (Fsp3) is 0.500. The molecule has 2 aliphatic rings. The predicted molar refractivity (Wildman–Crippen MR) is 121 cm³/mol. The van der Waals surface area contributed by atoms with Crippen LogP contribution in [0.5, 0.6) is 0 Å². The number of aromatic amines is 2. The summed E-state index contributed by atoms with van der Waals surface area (Å²) in [6.07, 6.45) is 5.31. The third-order valence-electron chi connectivity index (χ3n) is 7.04. The fourth-order valence-corrected chi connectivity index (χ4v) is 5.09. The normalized spacial score (nSPS) is 21.1. The van der Waals surface area contributed by atoms with E-state index in [9.17, 15) is 4.79 Å². The van der Waals surface area contributed by atoms with Gasteiger partial charge in [0.2, 0.25) is 5.91 Å². The van der Waals surface area contributed by atoms with Gasteiger partial charge in [0.15, 0.2) is 0 Å². The zero-order valence-corrected chi connectivity index (χ0v) is 18.4. The van der Waals surface area contributed by atoms with Crippen LogP contribution >= 0.6 is 0 Å². The molecule has 30 heavy (non-hydrogen) atoms. The minimum Gasteiger partial charge on any atom is -0.353 e. The van der Waals surface area contributed by atoms with E-state index >= 15 is 0 Å². The highest BCUT2D eigenvalue weighted by Crippen LogP contribution is 2.38. The van der Waals surface area contributed by atoms with E-state index in [2.05, 4.69) is 52.1 Å². The average molecular weight is 406 g/mol. The van der Waals surface area contributed by atoms with Crippen molar-refractivity contribution in [3.8, 4) is 11.4 Å². The lowest BCUT2D eigenvalue weighted by molar-refractivity contribution is -0.122. The largest absolute Gasteiger partial charge is 0.353 e. The van der Waals surface area contributed by atoms with Crippen LogP contribution in [0.4, 0.5) is 5.69 Å². The second-order valence-electron chi connectivity index (χ2n) is 9.86. The topological polar surface area (TPSA) is 68.0 Å². The second-order valence-corrected chi connectivity index (χ2v) is 9.86. The molecule has 1 aliphatic heterocycles. The summed E-state index contributed by atoms with van der Waals surface area (Å²) in [6.45, 7) is 5.64. The van der Waals surface area contributed by atoms with Gasteiger partial charge < -0.3 is 9.88 Å².